The number of rotatable bonds is 4. The van der Waals surface area contributed by atoms with E-state index in [2.05, 4.69) is 10.1 Å². The smallest absolute Gasteiger partial charge is 0.258 e. The van der Waals surface area contributed by atoms with Crippen molar-refractivity contribution in [2.75, 3.05) is 0 Å². The standard InChI is InChI=1S/C13H15ClN2O2/c1-3-4-11(17)12-15-13(18-16-12)9-6-5-8(2)10(14)7-9/h5-7,11,17H,3-4H2,1-2H3. The Hall–Kier alpha value is -1.39. The molecular formula is C13H15ClN2O2. The van der Waals surface area contributed by atoms with E-state index in [1.54, 1.807) is 6.07 Å². The molecule has 0 amide bonds. The first kappa shape index (κ1) is 13.1. The van der Waals surface area contributed by atoms with Gasteiger partial charge in [-0.2, -0.15) is 4.98 Å². The molecule has 1 heterocycles. The Bertz CT molecular complexity index is 540. The molecule has 5 heteroatoms. The third-order valence-electron chi connectivity index (χ3n) is 2.72. The van der Waals surface area contributed by atoms with Gasteiger partial charge < -0.3 is 9.63 Å². The van der Waals surface area contributed by atoms with Gasteiger partial charge in [0.2, 0.25) is 5.82 Å². The molecule has 18 heavy (non-hydrogen) atoms. The minimum atomic E-state index is -0.673. The van der Waals surface area contributed by atoms with Crippen LogP contribution in [-0.4, -0.2) is 15.2 Å². The van der Waals surface area contributed by atoms with E-state index in [1.165, 1.54) is 0 Å². The zero-order valence-electron chi connectivity index (χ0n) is 10.4. The van der Waals surface area contributed by atoms with Gasteiger partial charge in [-0.15, -0.1) is 0 Å². The first-order chi connectivity index (χ1) is 8.61. The van der Waals surface area contributed by atoms with Crippen LogP contribution in [0.2, 0.25) is 5.02 Å². The van der Waals surface area contributed by atoms with Crippen LogP contribution in [0.15, 0.2) is 22.7 Å². The molecule has 2 rings (SSSR count). The van der Waals surface area contributed by atoms with Crippen molar-refractivity contribution in [3.63, 3.8) is 0 Å². The predicted octanol–water partition coefficient (Wildman–Crippen LogP) is 3.53. The van der Waals surface area contributed by atoms with Crippen LogP contribution in [0.3, 0.4) is 0 Å². The number of halogens is 1. The van der Waals surface area contributed by atoms with Crippen molar-refractivity contribution in [3.05, 3.63) is 34.6 Å². The van der Waals surface area contributed by atoms with Crippen molar-refractivity contribution in [2.45, 2.75) is 32.8 Å². The average molecular weight is 267 g/mol. The fourth-order valence-electron chi connectivity index (χ4n) is 1.62. The summed E-state index contributed by atoms with van der Waals surface area (Å²) in [5.41, 5.74) is 1.75. The first-order valence-electron chi connectivity index (χ1n) is 5.90. The number of aliphatic hydroxyl groups is 1. The zero-order valence-corrected chi connectivity index (χ0v) is 11.1. The Labute approximate surface area is 111 Å². The number of aromatic nitrogens is 2. The van der Waals surface area contributed by atoms with Crippen LogP contribution in [0.5, 0.6) is 0 Å². The fraction of sp³-hybridized carbons (Fsp3) is 0.385. The molecule has 0 bridgehead atoms. The zero-order chi connectivity index (χ0) is 13.1. The summed E-state index contributed by atoms with van der Waals surface area (Å²) in [5, 5.41) is 14.2. The van der Waals surface area contributed by atoms with Gasteiger partial charge in [0.05, 0.1) is 0 Å². The van der Waals surface area contributed by atoms with Crippen LogP contribution in [0.25, 0.3) is 11.5 Å². The van der Waals surface area contributed by atoms with E-state index in [1.807, 2.05) is 26.0 Å². The molecule has 0 spiro atoms. The van der Waals surface area contributed by atoms with Crippen LogP contribution >= 0.6 is 11.6 Å². The van der Waals surface area contributed by atoms with E-state index in [-0.39, 0.29) is 0 Å². The van der Waals surface area contributed by atoms with Crippen LogP contribution in [-0.2, 0) is 0 Å². The van der Waals surface area contributed by atoms with Gasteiger partial charge in [-0.1, -0.05) is 36.2 Å². The van der Waals surface area contributed by atoms with Gasteiger partial charge in [0.25, 0.3) is 5.89 Å². The molecule has 0 aliphatic heterocycles. The minimum absolute atomic E-state index is 0.323. The Kier molecular flexibility index (Phi) is 3.99. The normalized spacial score (nSPS) is 12.7. The van der Waals surface area contributed by atoms with E-state index in [9.17, 15) is 5.11 Å². The van der Waals surface area contributed by atoms with Crippen LogP contribution in [0.4, 0.5) is 0 Å². The minimum Gasteiger partial charge on any atom is -0.385 e. The lowest BCUT2D eigenvalue weighted by Crippen LogP contribution is -1.98. The van der Waals surface area contributed by atoms with Crippen molar-refractivity contribution in [2.24, 2.45) is 0 Å². The summed E-state index contributed by atoms with van der Waals surface area (Å²) in [7, 11) is 0. The highest BCUT2D eigenvalue weighted by molar-refractivity contribution is 6.31. The Balaban J connectivity index is 2.26. The summed E-state index contributed by atoms with van der Waals surface area (Å²) < 4.78 is 5.13. The number of nitrogens with zero attached hydrogens (tertiary/aromatic N) is 2. The van der Waals surface area contributed by atoms with Crippen molar-refractivity contribution < 1.29 is 9.63 Å². The molecule has 4 nitrogen and oxygen atoms in total. The van der Waals surface area contributed by atoms with Crippen molar-refractivity contribution in [1.82, 2.24) is 10.1 Å². The summed E-state index contributed by atoms with van der Waals surface area (Å²) in [6.45, 7) is 3.92. The Morgan fingerprint density at radius 3 is 2.89 bits per heavy atom. The predicted molar refractivity (Wildman–Crippen MR) is 69.3 cm³/mol. The van der Waals surface area contributed by atoms with E-state index >= 15 is 0 Å². The second-order valence-electron chi connectivity index (χ2n) is 4.23. The number of aryl methyl sites for hydroxylation is 1. The van der Waals surface area contributed by atoms with E-state index in [0.29, 0.717) is 23.2 Å². The molecule has 0 radical (unpaired) electrons. The Morgan fingerprint density at radius 1 is 1.44 bits per heavy atom. The lowest BCUT2D eigenvalue weighted by molar-refractivity contribution is 0.153. The lowest BCUT2D eigenvalue weighted by atomic mass is 10.1. The van der Waals surface area contributed by atoms with Crippen LogP contribution < -0.4 is 0 Å². The first-order valence-corrected chi connectivity index (χ1v) is 6.27. The topological polar surface area (TPSA) is 59.2 Å². The molecule has 0 saturated carbocycles. The van der Waals surface area contributed by atoms with Gasteiger partial charge in [-0.05, 0) is 31.0 Å². The molecule has 0 saturated heterocycles. The monoisotopic (exact) mass is 266 g/mol. The van der Waals surface area contributed by atoms with Crippen LogP contribution in [0, 0.1) is 6.92 Å². The molecule has 1 atom stereocenters. The number of hydrogen-bond donors (Lipinski definition) is 1. The second-order valence-corrected chi connectivity index (χ2v) is 4.63. The van der Waals surface area contributed by atoms with Gasteiger partial charge in [-0.3, -0.25) is 0 Å². The fourth-order valence-corrected chi connectivity index (χ4v) is 1.80. The summed E-state index contributed by atoms with van der Waals surface area (Å²) in [4.78, 5) is 4.18. The molecular weight excluding hydrogens is 252 g/mol. The average Bonchev–Trinajstić information content (AvgIpc) is 2.82. The van der Waals surface area contributed by atoms with E-state index in [4.69, 9.17) is 16.1 Å². The summed E-state index contributed by atoms with van der Waals surface area (Å²) in [6.07, 6.45) is 0.808. The third kappa shape index (κ3) is 2.71. The second kappa shape index (κ2) is 5.50. The number of aliphatic hydroxyl groups excluding tert-OH is 1. The molecule has 1 aromatic carbocycles. The van der Waals surface area contributed by atoms with Crippen LogP contribution in [0.1, 0.15) is 37.3 Å². The third-order valence-corrected chi connectivity index (χ3v) is 3.13. The highest BCUT2D eigenvalue weighted by Crippen LogP contribution is 2.25. The molecule has 96 valence electrons. The van der Waals surface area contributed by atoms with Crippen molar-refractivity contribution in [3.8, 4) is 11.5 Å². The van der Waals surface area contributed by atoms with E-state index < -0.39 is 6.10 Å². The molecule has 1 N–H and O–H groups in total. The summed E-state index contributed by atoms with van der Waals surface area (Å²) in [5.74, 6) is 0.700. The quantitative estimate of drug-likeness (QED) is 0.920. The van der Waals surface area contributed by atoms with Gasteiger partial charge in [0.1, 0.15) is 6.10 Å². The molecule has 1 aromatic heterocycles. The molecule has 2 aromatic rings. The van der Waals surface area contributed by atoms with E-state index in [0.717, 1.165) is 17.5 Å². The maximum atomic E-state index is 9.77. The largest absolute Gasteiger partial charge is 0.385 e. The van der Waals surface area contributed by atoms with Gasteiger partial charge in [-0.25, -0.2) is 0 Å². The van der Waals surface area contributed by atoms with Gasteiger partial charge in [0.15, 0.2) is 0 Å². The number of hydrogen-bond acceptors (Lipinski definition) is 4. The maximum Gasteiger partial charge on any atom is 0.258 e. The molecule has 0 aliphatic carbocycles. The molecule has 0 fully saturated rings. The summed E-state index contributed by atoms with van der Waals surface area (Å²) in [6, 6.07) is 5.54. The number of benzene rings is 1. The van der Waals surface area contributed by atoms with Crippen molar-refractivity contribution >= 4 is 11.6 Å². The lowest BCUT2D eigenvalue weighted by Gasteiger charge is -2.01. The summed E-state index contributed by atoms with van der Waals surface area (Å²) >= 11 is 6.04. The SMILES string of the molecule is CCCC(O)c1noc(-c2ccc(C)c(Cl)c2)n1. The maximum absolute atomic E-state index is 9.77. The highest BCUT2D eigenvalue weighted by atomic mass is 35.5. The highest BCUT2D eigenvalue weighted by Gasteiger charge is 2.15. The van der Waals surface area contributed by atoms with Gasteiger partial charge >= 0.3 is 0 Å². The molecule has 0 aliphatic rings. The Morgan fingerprint density at radius 2 is 2.22 bits per heavy atom. The van der Waals surface area contributed by atoms with Gasteiger partial charge in [0, 0.05) is 10.6 Å². The van der Waals surface area contributed by atoms with Crippen molar-refractivity contribution in [1.29, 1.82) is 0 Å². The molecule has 1 unspecified atom stereocenters.